The van der Waals surface area contributed by atoms with Crippen molar-refractivity contribution in [2.24, 2.45) is 0 Å². The van der Waals surface area contributed by atoms with Crippen molar-refractivity contribution >= 4 is 29.2 Å². The second-order valence-electron chi connectivity index (χ2n) is 6.00. The molecule has 0 saturated carbocycles. The number of halogens is 2. The average Bonchev–Trinajstić information content (AvgIpc) is 2.73. The SMILES string of the molecule is O=C(OCCOc1ccc(Cl)cc1Cl)C(O)(c1ccccc1)c1ccccc1. The number of aliphatic hydroxyl groups is 1. The van der Waals surface area contributed by atoms with Crippen LogP contribution in [0.3, 0.4) is 0 Å². The van der Waals surface area contributed by atoms with Crippen molar-refractivity contribution < 1.29 is 19.4 Å². The van der Waals surface area contributed by atoms with Crippen molar-refractivity contribution in [3.8, 4) is 5.75 Å². The highest BCUT2D eigenvalue weighted by molar-refractivity contribution is 6.35. The first kappa shape index (κ1) is 20.2. The zero-order valence-corrected chi connectivity index (χ0v) is 16.4. The number of ether oxygens (including phenoxy) is 2. The third-order valence-corrected chi connectivity index (χ3v) is 4.68. The van der Waals surface area contributed by atoms with Gasteiger partial charge in [-0.2, -0.15) is 0 Å². The second kappa shape index (κ2) is 9.11. The van der Waals surface area contributed by atoms with E-state index in [2.05, 4.69) is 0 Å². The van der Waals surface area contributed by atoms with E-state index < -0.39 is 11.6 Å². The van der Waals surface area contributed by atoms with E-state index in [9.17, 15) is 9.90 Å². The first-order valence-electron chi connectivity index (χ1n) is 8.60. The first-order valence-corrected chi connectivity index (χ1v) is 9.36. The highest BCUT2D eigenvalue weighted by atomic mass is 35.5. The van der Waals surface area contributed by atoms with E-state index >= 15 is 0 Å². The topological polar surface area (TPSA) is 55.8 Å². The van der Waals surface area contributed by atoms with Crippen LogP contribution in [0.25, 0.3) is 0 Å². The Morgan fingerprint density at radius 1 is 0.857 bits per heavy atom. The van der Waals surface area contributed by atoms with Crippen LogP contribution in [0.4, 0.5) is 0 Å². The van der Waals surface area contributed by atoms with Gasteiger partial charge in [0.15, 0.2) is 0 Å². The molecule has 0 aliphatic rings. The minimum atomic E-state index is -1.92. The van der Waals surface area contributed by atoms with Gasteiger partial charge in [-0.3, -0.25) is 0 Å². The van der Waals surface area contributed by atoms with Crippen LogP contribution in [0.5, 0.6) is 5.75 Å². The Morgan fingerprint density at radius 3 is 1.96 bits per heavy atom. The number of esters is 1. The molecule has 0 saturated heterocycles. The Morgan fingerprint density at radius 2 is 1.43 bits per heavy atom. The molecule has 3 aromatic rings. The molecule has 1 N–H and O–H groups in total. The molecular formula is C22H18Cl2O4. The van der Waals surface area contributed by atoms with Crippen molar-refractivity contribution in [3.63, 3.8) is 0 Å². The van der Waals surface area contributed by atoms with Gasteiger partial charge < -0.3 is 14.6 Å². The zero-order chi connectivity index (χ0) is 20.0. The van der Waals surface area contributed by atoms with Gasteiger partial charge >= 0.3 is 5.97 Å². The fraction of sp³-hybridized carbons (Fsp3) is 0.136. The van der Waals surface area contributed by atoms with Crippen molar-refractivity contribution in [3.05, 3.63) is 100 Å². The van der Waals surface area contributed by atoms with E-state index in [1.165, 1.54) is 0 Å². The van der Waals surface area contributed by atoms with Gasteiger partial charge in [0.25, 0.3) is 0 Å². The van der Waals surface area contributed by atoms with E-state index in [1.54, 1.807) is 66.7 Å². The Balaban J connectivity index is 1.70. The van der Waals surface area contributed by atoms with Crippen LogP contribution in [0, 0.1) is 0 Å². The predicted molar refractivity (Wildman–Crippen MR) is 109 cm³/mol. The summed E-state index contributed by atoms with van der Waals surface area (Å²) in [6.07, 6.45) is 0. The minimum Gasteiger partial charge on any atom is -0.488 e. The summed E-state index contributed by atoms with van der Waals surface area (Å²) in [5.41, 5.74) is -1.07. The van der Waals surface area contributed by atoms with Gasteiger partial charge in [0.2, 0.25) is 5.60 Å². The molecule has 28 heavy (non-hydrogen) atoms. The van der Waals surface area contributed by atoms with Gasteiger partial charge in [0.05, 0.1) is 5.02 Å². The molecule has 0 aliphatic heterocycles. The number of benzene rings is 3. The Labute approximate surface area is 173 Å². The quantitative estimate of drug-likeness (QED) is 0.441. The van der Waals surface area contributed by atoms with Crippen molar-refractivity contribution in [1.82, 2.24) is 0 Å². The average molecular weight is 417 g/mol. The van der Waals surface area contributed by atoms with Crippen molar-refractivity contribution in [1.29, 1.82) is 0 Å². The van der Waals surface area contributed by atoms with Crippen molar-refractivity contribution in [2.75, 3.05) is 13.2 Å². The summed E-state index contributed by atoms with van der Waals surface area (Å²) in [5.74, 6) is -0.348. The Kier molecular flexibility index (Phi) is 6.57. The largest absolute Gasteiger partial charge is 0.488 e. The lowest BCUT2D eigenvalue weighted by Gasteiger charge is -2.27. The molecule has 0 bridgehead atoms. The van der Waals surface area contributed by atoms with E-state index in [0.29, 0.717) is 26.9 Å². The maximum Gasteiger partial charge on any atom is 0.347 e. The summed E-state index contributed by atoms with van der Waals surface area (Å²) in [6.45, 7) is 0.0204. The third kappa shape index (κ3) is 4.47. The Hall–Kier alpha value is -2.53. The Bertz CT molecular complexity index is 890. The van der Waals surface area contributed by atoms with Crippen LogP contribution in [0.1, 0.15) is 11.1 Å². The molecule has 0 heterocycles. The molecular weight excluding hydrogens is 399 g/mol. The molecule has 144 valence electrons. The molecule has 0 fully saturated rings. The molecule has 0 atom stereocenters. The normalized spacial score (nSPS) is 11.1. The van der Waals surface area contributed by atoms with E-state index in [-0.39, 0.29) is 13.2 Å². The van der Waals surface area contributed by atoms with Crippen LogP contribution in [0.2, 0.25) is 10.0 Å². The number of carbonyl (C=O) groups excluding carboxylic acids is 1. The lowest BCUT2D eigenvalue weighted by Crippen LogP contribution is -2.39. The summed E-state index contributed by atoms with van der Waals surface area (Å²) in [6, 6.07) is 22.2. The summed E-state index contributed by atoms with van der Waals surface area (Å²) < 4.78 is 10.8. The number of hydrogen-bond acceptors (Lipinski definition) is 4. The summed E-state index contributed by atoms with van der Waals surface area (Å²) in [5, 5.41) is 12.1. The standard InChI is InChI=1S/C22H18Cl2O4/c23-18-11-12-20(19(24)15-18)27-13-14-28-21(25)22(26,16-7-3-1-4-8-16)17-9-5-2-6-10-17/h1-12,15,26H,13-14H2. The van der Waals surface area contributed by atoms with Crippen LogP contribution >= 0.6 is 23.2 Å². The smallest absolute Gasteiger partial charge is 0.347 e. The van der Waals surface area contributed by atoms with Crippen LogP contribution in [-0.4, -0.2) is 24.3 Å². The van der Waals surface area contributed by atoms with Gasteiger partial charge in [-0.05, 0) is 29.3 Å². The molecule has 0 unspecified atom stereocenters. The lowest BCUT2D eigenvalue weighted by atomic mass is 9.86. The number of carbonyl (C=O) groups is 1. The lowest BCUT2D eigenvalue weighted by molar-refractivity contribution is -0.162. The number of rotatable bonds is 7. The summed E-state index contributed by atoms with van der Waals surface area (Å²) in [4.78, 5) is 12.8. The van der Waals surface area contributed by atoms with E-state index in [0.717, 1.165) is 0 Å². The molecule has 0 amide bonds. The minimum absolute atomic E-state index is 0.0558. The maximum atomic E-state index is 12.8. The maximum absolute atomic E-state index is 12.8. The van der Waals surface area contributed by atoms with Gasteiger partial charge in [0.1, 0.15) is 19.0 Å². The molecule has 0 aliphatic carbocycles. The van der Waals surface area contributed by atoms with Crippen LogP contribution in [0.15, 0.2) is 78.9 Å². The molecule has 6 heteroatoms. The first-order chi connectivity index (χ1) is 13.5. The zero-order valence-electron chi connectivity index (χ0n) is 14.8. The second-order valence-corrected chi connectivity index (χ2v) is 6.85. The van der Waals surface area contributed by atoms with Crippen LogP contribution in [-0.2, 0) is 15.1 Å². The molecule has 3 aromatic carbocycles. The monoisotopic (exact) mass is 416 g/mol. The van der Waals surface area contributed by atoms with Gasteiger partial charge in [0, 0.05) is 5.02 Å². The predicted octanol–water partition coefficient (Wildman–Crippen LogP) is 4.85. The molecule has 4 nitrogen and oxygen atoms in total. The van der Waals surface area contributed by atoms with Gasteiger partial charge in [-0.15, -0.1) is 0 Å². The highest BCUT2D eigenvalue weighted by Gasteiger charge is 2.41. The highest BCUT2D eigenvalue weighted by Crippen LogP contribution is 2.31. The van der Waals surface area contributed by atoms with Crippen LogP contribution < -0.4 is 4.74 Å². The van der Waals surface area contributed by atoms with E-state index in [1.807, 2.05) is 12.1 Å². The van der Waals surface area contributed by atoms with E-state index in [4.69, 9.17) is 32.7 Å². The molecule has 0 spiro atoms. The molecule has 3 rings (SSSR count). The summed E-state index contributed by atoms with van der Waals surface area (Å²) in [7, 11) is 0. The van der Waals surface area contributed by atoms with Gasteiger partial charge in [-0.25, -0.2) is 4.79 Å². The third-order valence-electron chi connectivity index (χ3n) is 4.15. The summed E-state index contributed by atoms with van der Waals surface area (Å²) >= 11 is 11.9. The fourth-order valence-electron chi connectivity index (χ4n) is 2.74. The molecule has 0 aromatic heterocycles. The number of hydrogen-bond donors (Lipinski definition) is 1. The van der Waals surface area contributed by atoms with Gasteiger partial charge in [-0.1, -0.05) is 83.9 Å². The molecule has 0 radical (unpaired) electrons. The van der Waals surface area contributed by atoms with Crippen molar-refractivity contribution in [2.45, 2.75) is 5.60 Å². The fourth-order valence-corrected chi connectivity index (χ4v) is 3.21.